The summed E-state index contributed by atoms with van der Waals surface area (Å²) in [6, 6.07) is 11.7. The molecule has 134 valence electrons. The summed E-state index contributed by atoms with van der Waals surface area (Å²) in [6.07, 6.45) is 8.24. The first-order valence-corrected chi connectivity index (χ1v) is 8.77. The van der Waals surface area contributed by atoms with Gasteiger partial charge in [0.05, 0.1) is 18.8 Å². The summed E-state index contributed by atoms with van der Waals surface area (Å²) < 4.78 is 7.51. The Kier molecular flexibility index (Phi) is 5.69. The van der Waals surface area contributed by atoms with E-state index in [4.69, 9.17) is 4.74 Å². The highest BCUT2D eigenvalue weighted by Gasteiger charge is 2.03. The summed E-state index contributed by atoms with van der Waals surface area (Å²) in [5.41, 5.74) is 3.82. The molecule has 0 bridgehead atoms. The quantitative estimate of drug-likeness (QED) is 0.661. The minimum absolute atomic E-state index is 0.149. The number of amides is 1. The van der Waals surface area contributed by atoms with Gasteiger partial charge in [-0.05, 0) is 48.7 Å². The molecule has 5 nitrogen and oxygen atoms in total. The topological polar surface area (TPSA) is 55.6 Å². The highest BCUT2D eigenvalue weighted by atomic mass is 16.5. The highest BCUT2D eigenvalue weighted by molar-refractivity contribution is 5.91. The minimum Gasteiger partial charge on any atom is -0.494 e. The van der Waals surface area contributed by atoms with Crippen molar-refractivity contribution in [1.29, 1.82) is 0 Å². The van der Waals surface area contributed by atoms with Gasteiger partial charge in [0.2, 0.25) is 5.91 Å². The van der Waals surface area contributed by atoms with E-state index in [1.165, 1.54) is 11.6 Å². The fourth-order valence-corrected chi connectivity index (χ4v) is 2.54. The van der Waals surface area contributed by atoms with Crippen molar-refractivity contribution in [1.82, 2.24) is 14.7 Å². The molecule has 5 heteroatoms. The minimum atomic E-state index is -0.149. The molecule has 0 saturated carbocycles. The average molecular weight is 349 g/mol. The first-order valence-electron chi connectivity index (χ1n) is 8.77. The van der Waals surface area contributed by atoms with Gasteiger partial charge in [-0.2, -0.15) is 0 Å². The highest BCUT2D eigenvalue weighted by Crippen LogP contribution is 2.13. The molecule has 26 heavy (non-hydrogen) atoms. The number of aromatic nitrogens is 2. The number of carbonyl (C=O) groups is 1. The van der Waals surface area contributed by atoms with Crippen molar-refractivity contribution in [3.8, 4) is 5.75 Å². The molecule has 0 saturated heterocycles. The lowest BCUT2D eigenvalue weighted by molar-refractivity contribution is -0.116. The van der Waals surface area contributed by atoms with E-state index in [-0.39, 0.29) is 5.91 Å². The molecule has 0 fully saturated rings. The van der Waals surface area contributed by atoms with Crippen molar-refractivity contribution < 1.29 is 9.53 Å². The number of carbonyl (C=O) groups excluding carboxylic acids is 1. The van der Waals surface area contributed by atoms with Crippen LogP contribution in [0.2, 0.25) is 0 Å². The van der Waals surface area contributed by atoms with Crippen LogP contribution in [0.15, 0.2) is 54.9 Å². The first kappa shape index (κ1) is 17.7. The summed E-state index contributed by atoms with van der Waals surface area (Å²) in [5, 5.41) is 2.86. The fourth-order valence-electron chi connectivity index (χ4n) is 2.54. The van der Waals surface area contributed by atoms with Crippen LogP contribution in [0.4, 0.5) is 0 Å². The molecular weight excluding hydrogens is 326 g/mol. The maximum Gasteiger partial charge on any atom is 0.244 e. The third-order valence-corrected chi connectivity index (χ3v) is 3.87. The van der Waals surface area contributed by atoms with E-state index >= 15 is 0 Å². The van der Waals surface area contributed by atoms with Crippen LogP contribution in [-0.4, -0.2) is 21.9 Å². The van der Waals surface area contributed by atoms with Crippen LogP contribution in [0.25, 0.3) is 11.7 Å². The van der Waals surface area contributed by atoms with E-state index in [0.29, 0.717) is 13.2 Å². The van der Waals surface area contributed by atoms with Gasteiger partial charge in [0.25, 0.3) is 0 Å². The number of benzene rings is 1. The van der Waals surface area contributed by atoms with Gasteiger partial charge in [-0.15, -0.1) is 0 Å². The molecule has 0 aliphatic rings. The molecule has 0 radical (unpaired) electrons. The van der Waals surface area contributed by atoms with E-state index in [2.05, 4.69) is 17.2 Å². The molecule has 1 amide bonds. The van der Waals surface area contributed by atoms with Gasteiger partial charge >= 0.3 is 0 Å². The maximum atomic E-state index is 12.0. The Hall–Kier alpha value is -3.08. The number of aryl methyl sites for hydroxylation is 1. The molecule has 0 spiro atoms. The lowest BCUT2D eigenvalue weighted by atomic mass is 10.2. The second-order valence-electron chi connectivity index (χ2n) is 6.17. The Morgan fingerprint density at radius 2 is 2.00 bits per heavy atom. The summed E-state index contributed by atoms with van der Waals surface area (Å²) in [7, 11) is 0. The number of imidazole rings is 1. The Labute approximate surface area is 153 Å². The fraction of sp³-hybridized carbons (Fsp3) is 0.238. The number of pyridine rings is 1. The first-order chi connectivity index (χ1) is 12.6. The SMILES string of the molecule is CCCOc1ccc(/C=C/C(=O)NCc2cn3cc(C)ccc3n2)cc1. The van der Waals surface area contributed by atoms with Crippen LogP contribution < -0.4 is 10.1 Å². The van der Waals surface area contributed by atoms with Gasteiger partial charge in [0, 0.05) is 18.5 Å². The number of hydrogen-bond acceptors (Lipinski definition) is 3. The van der Waals surface area contributed by atoms with Crippen LogP contribution >= 0.6 is 0 Å². The van der Waals surface area contributed by atoms with Crippen molar-refractivity contribution in [2.75, 3.05) is 6.61 Å². The second-order valence-corrected chi connectivity index (χ2v) is 6.17. The van der Waals surface area contributed by atoms with Crippen LogP contribution in [-0.2, 0) is 11.3 Å². The lowest BCUT2D eigenvalue weighted by Crippen LogP contribution is -2.20. The third-order valence-electron chi connectivity index (χ3n) is 3.87. The molecule has 1 N–H and O–H groups in total. The predicted molar refractivity (Wildman–Crippen MR) is 103 cm³/mol. The summed E-state index contributed by atoms with van der Waals surface area (Å²) in [6.45, 7) is 5.21. The Morgan fingerprint density at radius 1 is 1.19 bits per heavy atom. The molecule has 0 atom stereocenters. The second kappa shape index (κ2) is 8.34. The van der Waals surface area contributed by atoms with Crippen molar-refractivity contribution >= 4 is 17.6 Å². The van der Waals surface area contributed by atoms with E-state index in [1.54, 1.807) is 6.08 Å². The standard InChI is InChI=1S/C21H23N3O2/c1-3-12-26-19-8-5-17(6-9-19)7-11-21(25)22-13-18-15-24-14-16(2)4-10-20(24)23-18/h4-11,14-15H,3,12-13H2,1-2H3,(H,22,25)/b11-7+. The van der Waals surface area contributed by atoms with Crippen molar-refractivity contribution in [3.05, 3.63) is 71.7 Å². The summed E-state index contributed by atoms with van der Waals surface area (Å²) >= 11 is 0. The molecule has 0 aliphatic carbocycles. The molecule has 0 unspecified atom stereocenters. The smallest absolute Gasteiger partial charge is 0.244 e. The lowest BCUT2D eigenvalue weighted by Gasteiger charge is -2.04. The number of ether oxygens (including phenoxy) is 1. The Bertz CT molecular complexity index is 911. The van der Waals surface area contributed by atoms with Gasteiger partial charge in [0.15, 0.2) is 0 Å². The summed E-state index contributed by atoms with van der Waals surface area (Å²) in [4.78, 5) is 16.5. The normalized spacial score (nSPS) is 11.2. The van der Waals surface area contributed by atoms with E-state index < -0.39 is 0 Å². The maximum absolute atomic E-state index is 12.0. The van der Waals surface area contributed by atoms with E-state index in [0.717, 1.165) is 29.1 Å². The van der Waals surface area contributed by atoms with Crippen LogP contribution in [0.5, 0.6) is 5.75 Å². The van der Waals surface area contributed by atoms with Crippen LogP contribution in [0.3, 0.4) is 0 Å². The monoisotopic (exact) mass is 349 g/mol. The van der Waals surface area contributed by atoms with Gasteiger partial charge in [-0.3, -0.25) is 4.79 Å². The van der Waals surface area contributed by atoms with Crippen LogP contribution in [0, 0.1) is 6.92 Å². The molecule has 2 aromatic heterocycles. The van der Waals surface area contributed by atoms with Gasteiger partial charge in [0.1, 0.15) is 11.4 Å². The molecule has 0 aliphatic heterocycles. The number of fused-ring (bicyclic) bond motifs is 1. The largest absolute Gasteiger partial charge is 0.494 e. The Morgan fingerprint density at radius 3 is 2.77 bits per heavy atom. The number of nitrogens with one attached hydrogen (secondary N) is 1. The van der Waals surface area contributed by atoms with Gasteiger partial charge in [-0.25, -0.2) is 4.98 Å². The zero-order valence-corrected chi connectivity index (χ0v) is 15.1. The van der Waals surface area contributed by atoms with Crippen molar-refractivity contribution in [2.45, 2.75) is 26.8 Å². The zero-order chi connectivity index (χ0) is 18.4. The van der Waals surface area contributed by atoms with Crippen molar-refractivity contribution in [2.24, 2.45) is 0 Å². The molecule has 3 rings (SSSR count). The van der Waals surface area contributed by atoms with Crippen molar-refractivity contribution in [3.63, 3.8) is 0 Å². The molecular formula is C21H23N3O2. The molecule has 2 heterocycles. The Balaban J connectivity index is 1.53. The molecule has 3 aromatic rings. The average Bonchev–Trinajstić information content (AvgIpc) is 3.06. The summed E-state index contributed by atoms with van der Waals surface area (Å²) in [5.74, 6) is 0.695. The zero-order valence-electron chi connectivity index (χ0n) is 15.1. The number of hydrogen-bond donors (Lipinski definition) is 1. The number of rotatable bonds is 7. The van der Waals surface area contributed by atoms with Gasteiger partial charge < -0.3 is 14.5 Å². The van der Waals surface area contributed by atoms with Crippen LogP contribution in [0.1, 0.15) is 30.2 Å². The predicted octanol–water partition coefficient (Wildman–Crippen LogP) is 3.76. The number of nitrogens with zero attached hydrogens (tertiary/aromatic N) is 2. The van der Waals surface area contributed by atoms with E-state index in [9.17, 15) is 4.79 Å². The van der Waals surface area contributed by atoms with E-state index in [1.807, 2.05) is 60.1 Å². The van der Waals surface area contributed by atoms with Gasteiger partial charge in [-0.1, -0.05) is 25.1 Å². The third kappa shape index (κ3) is 4.72. The molecule has 1 aromatic carbocycles.